The molecule has 0 N–H and O–H groups in total. The number of nitrogens with zero attached hydrogens (tertiary/aromatic N) is 1. The van der Waals surface area contributed by atoms with Crippen LogP contribution >= 0.6 is 11.6 Å². The molecule has 0 radical (unpaired) electrons. The minimum Gasteiger partial charge on any atom is -0.487 e. The van der Waals surface area contributed by atoms with Crippen molar-refractivity contribution >= 4 is 22.5 Å². The van der Waals surface area contributed by atoms with E-state index < -0.39 is 0 Å². The summed E-state index contributed by atoms with van der Waals surface area (Å²) < 4.78 is 20.8. The summed E-state index contributed by atoms with van der Waals surface area (Å²) in [5.41, 5.74) is 2.10. The molecule has 1 aromatic heterocycles. The van der Waals surface area contributed by atoms with Crippen LogP contribution in [0.4, 0.5) is 4.39 Å². The molecule has 0 fully saturated rings. The molecule has 0 aliphatic heterocycles. The van der Waals surface area contributed by atoms with Crippen molar-refractivity contribution < 1.29 is 9.13 Å². The van der Waals surface area contributed by atoms with E-state index in [1.165, 1.54) is 12.1 Å². The molecule has 102 valence electrons. The van der Waals surface area contributed by atoms with Gasteiger partial charge in [0.1, 0.15) is 18.2 Å². The molecule has 0 aliphatic carbocycles. The van der Waals surface area contributed by atoms with Crippen LogP contribution in [-0.2, 0) is 13.7 Å². The van der Waals surface area contributed by atoms with Crippen LogP contribution in [0.1, 0.15) is 5.69 Å². The fourth-order valence-electron chi connectivity index (χ4n) is 2.23. The van der Waals surface area contributed by atoms with E-state index in [2.05, 4.69) is 0 Å². The summed E-state index contributed by atoms with van der Waals surface area (Å²) in [7, 11) is 1.97. The maximum Gasteiger partial charge on any atom is 0.128 e. The van der Waals surface area contributed by atoms with Gasteiger partial charge in [0.25, 0.3) is 0 Å². The van der Waals surface area contributed by atoms with E-state index in [0.717, 1.165) is 16.6 Å². The Hall–Kier alpha value is -2.00. The highest BCUT2D eigenvalue weighted by molar-refractivity contribution is 6.31. The highest BCUT2D eigenvalue weighted by Gasteiger charge is 2.07. The lowest BCUT2D eigenvalue weighted by Crippen LogP contribution is -2.01. The summed E-state index contributed by atoms with van der Waals surface area (Å²) in [6.07, 6.45) is 0. The van der Waals surface area contributed by atoms with Crippen LogP contribution in [0, 0.1) is 5.82 Å². The highest BCUT2D eigenvalue weighted by atomic mass is 35.5. The molecule has 2 aromatic carbocycles. The predicted octanol–water partition coefficient (Wildman–Crippen LogP) is 4.55. The average Bonchev–Trinajstić information content (AvgIpc) is 2.72. The fraction of sp³-hybridized carbons (Fsp3) is 0.125. The summed E-state index contributed by atoms with van der Waals surface area (Å²) in [5.74, 6) is 0.222. The Morgan fingerprint density at radius 3 is 2.80 bits per heavy atom. The Morgan fingerprint density at radius 1 is 1.15 bits per heavy atom. The quantitative estimate of drug-likeness (QED) is 0.690. The van der Waals surface area contributed by atoms with Gasteiger partial charge in [0.15, 0.2) is 0 Å². The van der Waals surface area contributed by atoms with Gasteiger partial charge in [-0.1, -0.05) is 17.7 Å². The van der Waals surface area contributed by atoms with Crippen LogP contribution in [0.5, 0.6) is 5.75 Å². The molecule has 0 bridgehead atoms. The first-order valence-corrected chi connectivity index (χ1v) is 6.63. The molecule has 0 aliphatic rings. The van der Waals surface area contributed by atoms with E-state index in [1.807, 2.05) is 35.9 Å². The second kappa shape index (κ2) is 5.17. The Bertz CT molecular complexity index is 766. The van der Waals surface area contributed by atoms with Gasteiger partial charge in [-0.25, -0.2) is 4.39 Å². The Kier molecular flexibility index (Phi) is 3.36. The van der Waals surface area contributed by atoms with Gasteiger partial charge in [0.05, 0.1) is 5.69 Å². The number of hydrogen-bond donors (Lipinski definition) is 0. The maximum atomic E-state index is 13.1. The van der Waals surface area contributed by atoms with Crippen LogP contribution in [0.3, 0.4) is 0 Å². The first-order valence-electron chi connectivity index (χ1n) is 6.26. The highest BCUT2D eigenvalue weighted by Crippen LogP contribution is 2.23. The van der Waals surface area contributed by atoms with Gasteiger partial charge < -0.3 is 9.30 Å². The van der Waals surface area contributed by atoms with Gasteiger partial charge in [0.2, 0.25) is 0 Å². The number of benzene rings is 2. The van der Waals surface area contributed by atoms with E-state index in [4.69, 9.17) is 16.3 Å². The first kappa shape index (κ1) is 13.0. The van der Waals surface area contributed by atoms with Crippen molar-refractivity contribution in [3.05, 3.63) is 65.1 Å². The second-order valence-corrected chi connectivity index (χ2v) is 5.08. The van der Waals surface area contributed by atoms with Gasteiger partial charge in [-0.05, 0) is 36.4 Å². The minimum absolute atomic E-state index is 0.300. The largest absolute Gasteiger partial charge is 0.487 e. The lowest BCUT2D eigenvalue weighted by molar-refractivity contribution is 0.296. The molecule has 2 nitrogen and oxygen atoms in total. The van der Waals surface area contributed by atoms with Crippen molar-refractivity contribution in [2.75, 3.05) is 0 Å². The van der Waals surface area contributed by atoms with E-state index in [1.54, 1.807) is 12.1 Å². The zero-order valence-corrected chi connectivity index (χ0v) is 11.7. The van der Waals surface area contributed by atoms with Crippen molar-refractivity contribution in [1.29, 1.82) is 0 Å². The SMILES string of the molecule is Cn1c(COc2cccc(F)c2)cc2cc(Cl)ccc21. The first-order chi connectivity index (χ1) is 9.63. The Morgan fingerprint density at radius 2 is 2.00 bits per heavy atom. The standard InChI is InChI=1S/C16H13ClFNO/c1-19-14(8-11-7-12(17)5-6-16(11)19)10-20-15-4-2-3-13(18)9-15/h2-9H,10H2,1H3. The maximum absolute atomic E-state index is 13.1. The average molecular weight is 290 g/mol. The lowest BCUT2D eigenvalue weighted by atomic mass is 10.2. The summed E-state index contributed by atoms with van der Waals surface area (Å²) in [5, 5.41) is 1.78. The number of hydrogen-bond acceptors (Lipinski definition) is 1. The summed E-state index contributed by atoms with van der Waals surface area (Å²) in [6, 6.07) is 13.9. The zero-order chi connectivity index (χ0) is 14.1. The van der Waals surface area contributed by atoms with E-state index >= 15 is 0 Å². The third-order valence-corrected chi connectivity index (χ3v) is 3.52. The van der Waals surface area contributed by atoms with Crippen molar-refractivity contribution in [2.24, 2.45) is 7.05 Å². The van der Waals surface area contributed by atoms with Crippen LogP contribution in [0.15, 0.2) is 48.5 Å². The third-order valence-electron chi connectivity index (χ3n) is 3.29. The van der Waals surface area contributed by atoms with Crippen LogP contribution < -0.4 is 4.74 Å². The monoisotopic (exact) mass is 289 g/mol. The van der Waals surface area contributed by atoms with Crippen LogP contribution in [-0.4, -0.2) is 4.57 Å². The summed E-state index contributed by atoms with van der Waals surface area (Å²) in [6.45, 7) is 0.381. The van der Waals surface area contributed by atoms with E-state index in [9.17, 15) is 4.39 Å². The molecule has 0 atom stereocenters. The number of ether oxygens (including phenoxy) is 1. The summed E-state index contributed by atoms with van der Waals surface area (Å²) in [4.78, 5) is 0. The zero-order valence-electron chi connectivity index (χ0n) is 10.9. The Balaban J connectivity index is 1.86. The van der Waals surface area contributed by atoms with Crippen molar-refractivity contribution in [3.63, 3.8) is 0 Å². The molecular weight excluding hydrogens is 277 g/mol. The van der Waals surface area contributed by atoms with Gasteiger partial charge in [0, 0.05) is 29.0 Å². The van der Waals surface area contributed by atoms with E-state index in [0.29, 0.717) is 17.4 Å². The number of halogens is 2. The number of aromatic nitrogens is 1. The molecule has 0 unspecified atom stereocenters. The molecule has 0 saturated carbocycles. The fourth-order valence-corrected chi connectivity index (χ4v) is 2.41. The predicted molar refractivity (Wildman–Crippen MR) is 78.7 cm³/mol. The molecule has 4 heteroatoms. The molecular formula is C16H13ClFNO. The summed E-state index contributed by atoms with van der Waals surface area (Å²) >= 11 is 5.99. The Labute approximate surface area is 121 Å². The third kappa shape index (κ3) is 2.49. The molecule has 3 rings (SSSR count). The number of aryl methyl sites for hydroxylation is 1. The smallest absolute Gasteiger partial charge is 0.128 e. The van der Waals surface area contributed by atoms with Crippen molar-refractivity contribution in [1.82, 2.24) is 4.57 Å². The number of fused-ring (bicyclic) bond motifs is 1. The van der Waals surface area contributed by atoms with Gasteiger partial charge in [-0.2, -0.15) is 0 Å². The minimum atomic E-state index is -0.300. The van der Waals surface area contributed by atoms with Crippen molar-refractivity contribution in [2.45, 2.75) is 6.61 Å². The molecule has 0 saturated heterocycles. The lowest BCUT2D eigenvalue weighted by Gasteiger charge is -2.07. The van der Waals surface area contributed by atoms with E-state index in [-0.39, 0.29) is 5.82 Å². The molecule has 20 heavy (non-hydrogen) atoms. The van der Waals surface area contributed by atoms with Gasteiger partial charge in [-0.3, -0.25) is 0 Å². The molecule has 0 amide bonds. The second-order valence-electron chi connectivity index (χ2n) is 4.64. The van der Waals surface area contributed by atoms with Gasteiger partial charge in [-0.15, -0.1) is 0 Å². The normalized spacial score (nSPS) is 10.9. The molecule has 0 spiro atoms. The van der Waals surface area contributed by atoms with Crippen LogP contribution in [0.25, 0.3) is 10.9 Å². The topological polar surface area (TPSA) is 14.2 Å². The van der Waals surface area contributed by atoms with Crippen molar-refractivity contribution in [3.8, 4) is 5.75 Å². The number of rotatable bonds is 3. The van der Waals surface area contributed by atoms with Crippen LogP contribution in [0.2, 0.25) is 5.02 Å². The molecule has 1 heterocycles. The van der Waals surface area contributed by atoms with Gasteiger partial charge >= 0.3 is 0 Å². The molecule has 3 aromatic rings.